The number of pyridine rings is 1. The molecule has 36 heavy (non-hydrogen) atoms. The first-order chi connectivity index (χ1) is 17.4. The maximum atomic E-state index is 13.0. The number of aromatic nitrogens is 3. The van der Waals surface area contributed by atoms with Crippen LogP contribution in [0.25, 0.3) is 11.3 Å². The van der Waals surface area contributed by atoms with Gasteiger partial charge in [-0.15, -0.1) is 0 Å². The summed E-state index contributed by atoms with van der Waals surface area (Å²) >= 11 is 12.0. The summed E-state index contributed by atoms with van der Waals surface area (Å²) in [4.78, 5) is 29.3. The van der Waals surface area contributed by atoms with Gasteiger partial charge in [0.25, 0.3) is 5.91 Å². The standard InChI is InChI=1S/C26H21Cl2N5O3/c27-20-8-3-15(10-21(20)28)13-30-26(36)33-23(16-4-5-16)12-22(32-33)19-7-6-18(11-24(19)34)31-25(35)17-2-1-9-29-14-17/h1-3,6-12,14,16,34H,4-5,13H2,(H,30,36)(H,31,35). The second-order valence-corrected chi connectivity index (χ2v) is 9.29. The molecule has 182 valence electrons. The average Bonchev–Trinajstić information content (AvgIpc) is 3.63. The molecule has 5 rings (SSSR count). The van der Waals surface area contributed by atoms with Crippen LogP contribution < -0.4 is 10.6 Å². The first kappa shape index (κ1) is 23.8. The molecule has 2 amide bonds. The van der Waals surface area contributed by atoms with Gasteiger partial charge in [-0.25, -0.2) is 4.79 Å². The monoisotopic (exact) mass is 521 g/mol. The molecule has 0 unspecified atom stereocenters. The lowest BCUT2D eigenvalue weighted by Gasteiger charge is -2.09. The third kappa shape index (κ3) is 5.19. The van der Waals surface area contributed by atoms with Crippen LogP contribution in [-0.4, -0.2) is 31.8 Å². The number of hydrogen-bond donors (Lipinski definition) is 3. The minimum atomic E-state index is -0.380. The SMILES string of the molecule is O=C(Nc1ccc(-c2cc(C3CC3)n(C(=O)NCc3ccc(Cl)c(Cl)c3)n2)c(O)c1)c1cccnc1. The van der Waals surface area contributed by atoms with E-state index >= 15 is 0 Å². The number of phenolic OH excluding ortho intramolecular Hbond substituents is 1. The Balaban J connectivity index is 1.34. The minimum absolute atomic E-state index is 0.0674. The summed E-state index contributed by atoms with van der Waals surface area (Å²) in [5.41, 5.74) is 3.33. The Morgan fingerprint density at radius 3 is 2.58 bits per heavy atom. The average molecular weight is 522 g/mol. The van der Waals surface area contributed by atoms with E-state index in [0.717, 1.165) is 24.1 Å². The van der Waals surface area contributed by atoms with Crippen molar-refractivity contribution in [3.05, 3.63) is 93.9 Å². The smallest absolute Gasteiger partial charge is 0.342 e. The lowest BCUT2D eigenvalue weighted by Crippen LogP contribution is -2.30. The molecule has 2 aromatic heterocycles. The molecule has 1 aliphatic carbocycles. The topological polar surface area (TPSA) is 109 Å². The molecule has 1 fully saturated rings. The summed E-state index contributed by atoms with van der Waals surface area (Å²) in [5.74, 6) is -0.168. The Morgan fingerprint density at radius 1 is 1.06 bits per heavy atom. The van der Waals surface area contributed by atoms with Gasteiger partial charge in [-0.2, -0.15) is 9.78 Å². The van der Waals surface area contributed by atoms with E-state index in [-0.39, 0.29) is 30.2 Å². The Hall–Kier alpha value is -3.88. The van der Waals surface area contributed by atoms with E-state index in [2.05, 4.69) is 20.7 Å². The molecule has 8 nitrogen and oxygen atoms in total. The number of nitrogens with zero attached hydrogens (tertiary/aromatic N) is 3. The van der Waals surface area contributed by atoms with Crippen LogP contribution in [0.15, 0.2) is 67.0 Å². The second kappa shape index (κ2) is 10.0. The number of carbonyl (C=O) groups is 2. The van der Waals surface area contributed by atoms with Gasteiger partial charge < -0.3 is 15.7 Å². The summed E-state index contributed by atoms with van der Waals surface area (Å²) in [6.45, 7) is 0.256. The number of benzene rings is 2. The van der Waals surface area contributed by atoms with Crippen molar-refractivity contribution >= 4 is 40.8 Å². The molecule has 0 bridgehead atoms. The highest BCUT2D eigenvalue weighted by Crippen LogP contribution is 2.42. The van der Waals surface area contributed by atoms with Crippen LogP contribution in [0, 0.1) is 0 Å². The van der Waals surface area contributed by atoms with E-state index in [1.165, 1.54) is 16.9 Å². The number of halogens is 2. The van der Waals surface area contributed by atoms with Gasteiger partial charge in [0.15, 0.2) is 0 Å². The predicted octanol–water partition coefficient (Wildman–Crippen LogP) is 5.85. The molecule has 3 N–H and O–H groups in total. The lowest BCUT2D eigenvalue weighted by atomic mass is 10.1. The zero-order valence-electron chi connectivity index (χ0n) is 18.9. The molecule has 0 spiro atoms. The number of rotatable bonds is 6. The molecule has 1 aliphatic rings. The highest BCUT2D eigenvalue weighted by molar-refractivity contribution is 6.42. The number of hydrogen-bond acceptors (Lipinski definition) is 5. The largest absolute Gasteiger partial charge is 0.507 e. The van der Waals surface area contributed by atoms with Crippen molar-refractivity contribution in [3.8, 4) is 17.0 Å². The van der Waals surface area contributed by atoms with Crippen molar-refractivity contribution in [3.63, 3.8) is 0 Å². The Kier molecular flexibility index (Phi) is 6.63. The summed E-state index contributed by atoms with van der Waals surface area (Å²) in [5, 5.41) is 21.6. The van der Waals surface area contributed by atoms with Crippen molar-refractivity contribution in [1.82, 2.24) is 20.1 Å². The zero-order chi connectivity index (χ0) is 25.2. The third-order valence-corrected chi connectivity index (χ3v) is 6.55. The molecule has 0 saturated heterocycles. The third-order valence-electron chi connectivity index (χ3n) is 5.81. The van der Waals surface area contributed by atoms with Crippen molar-refractivity contribution in [2.75, 3.05) is 5.32 Å². The van der Waals surface area contributed by atoms with Gasteiger partial charge in [0.2, 0.25) is 0 Å². The number of phenols is 1. The fourth-order valence-corrected chi connectivity index (χ4v) is 4.11. The minimum Gasteiger partial charge on any atom is -0.507 e. The van der Waals surface area contributed by atoms with Crippen molar-refractivity contribution in [2.24, 2.45) is 0 Å². The Labute approximate surface area is 216 Å². The van der Waals surface area contributed by atoms with Crippen molar-refractivity contribution in [1.29, 1.82) is 0 Å². The number of anilines is 1. The van der Waals surface area contributed by atoms with Crippen LogP contribution in [0.5, 0.6) is 5.75 Å². The number of aromatic hydroxyl groups is 1. The fraction of sp³-hybridized carbons (Fsp3) is 0.154. The summed E-state index contributed by atoms with van der Waals surface area (Å²) in [6, 6.07) is 14.7. The van der Waals surface area contributed by atoms with E-state index in [9.17, 15) is 14.7 Å². The molecule has 4 aromatic rings. The predicted molar refractivity (Wildman–Crippen MR) is 138 cm³/mol. The van der Waals surface area contributed by atoms with Crippen LogP contribution in [0.3, 0.4) is 0 Å². The van der Waals surface area contributed by atoms with Crippen LogP contribution >= 0.6 is 23.2 Å². The lowest BCUT2D eigenvalue weighted by molar-refractivity contribution is 0.102. The second-order valence-electron chi connectivity index (χ2n) is 8.48. The molecule has 0 atom stereocenters. The fourth-order valence-electron chi connectivity index (χ4n) is 3.79. The van der Waals surface area contributed by atoms with Crippen LogP contribution in [-0.2, 0) is 6.54 Å². The van der Waals surface area contributed by atoms with E-state index in [0.29, 0.717) is 32.6 Å². The van der Waals surface area contributed by atoms with E-state index in [1.54, 1.807) is 48.7 Å². The normalized spacial score (nSPS) is 12.8. The summed E-state index contributed by atoms with van der Waals surface area (Å²) in [6.07, 6.45) is 4.98. The van der Waals surface area contributed by atoms with Crippen LogP contribution in [0.4, 0.5) is 10.5 Å². The van der Waals surface area contributed by atoms with Gasteiger partial charge >= 0.3 is 6.03 Å². The Bertz CT molecular complexity index is 1450. The first-order valence-corrected chi connectivity index (χ1v) is 12.0. The van der Waals surface area contributed by atoms with Crippen LogP contribution in [0.1, 0.15) is 40.4 Å². The molecular formula is C26H21Cl2N5O3. The quantitative estimate of drug-likeness (QED) is 0.295. The first-order valence-electron chi connectivity index (χ1n) is 11.3. The van der Waals surface area contributed by atoms with E-state index in [4.69, 9.17) is 23.2 Å². The molecular weight excluding hydrogens is 501 g/mol. The van der Waals surface area contributed by atoms with Gasteiger partial charge in [0, 0.05) is 42.2 Å². The molecule has 2 aromatic carbocycles. The number of nitrogens with one attached hydrogen (secondary N) is 2. The van der Waals surface area contributed by atoms with E-state index in [1.807, 2.05) is 6.07 Å². The molecule has 1 saturated carbocycles. The van der Waals surface area contributed by atoms with Gasteiger partial charge in [-0.05, 0) is 60.9 Å². The Morgan fingerprint density at radius 2 is 1.89 bits per heavy atom. The van der Waals surface area contributed by atoms with Gasteiger partial charge in [0.1, 0.15) is 5.75 Å². The van der Waals surface area contributed by atoms with Gasteiger partial charge in [-0.1, -0.05) is 29.3 Å². The highest BCUT2D eigenvalue weighted by Gasteiger charge is 2.30. The van der Waals surface area contributed by atoms with Gasteiger partial charge in [-0.3, -0.25) is 9.78 Å². The van der Waals surface area contributed by atoms with Gasteiger partial charge in [0.05, 0.1) is 27.0 Å². The molecule has 2 heterocycles. The zero-order valence-corrected chi connectivity index (χ0v) is 20.4. The number of carbonyl (C=O) groups excluding carboxylic acids is 2. The van der Waals surface area contributed by atoms with Crippen molar-refractivity contribution in [2.45, 2.75) is 25.3 Å². The molecule has 0 aliphatic heterocycles. The maximum Gasteiger partial charge on any atom is 0.342 e. The van der Waals surface area contributed by atoms with Crippen LogP contribution in [0.2, 0.25) is 10.0 Å². The summed E-state index contributed by atoms with van der Waals surface area (Å²) in [7, 11) is 0. The van der Waals surface area contributed by atoms with Crippen molar-refractivity contribution < 1.29 is 14.7 Å². The maximum absolute atomic E-state index is 13.0. The number of amides is 2. The van der Waals surface area contributed by atoms with E-state index < -0.39 is 0 Å². The molecule has 0 radical (unpaired) electrons. The molecule has 10 heteroatoms. The highest BCUT2D eigenvalue weighted by atomic mass is 35.5. The summed E-state index contributed by atoms with van der Waals surface area (Å²) < 4.78 is 1.35.